The van der Waals surface area contributed by atoms with Crippen LogP contribution in [-0.4, -0.2) is 24.2 Å². The molecule has 0 aliphatic carbocycles. The second-order valence-corrected chi connectivity index (χ2v) is 3.33. The number of carbonyl (C=O) groups excluding carboxylic acids is 1. The lowest BCUT2D eigenvalue weighted by molar-refractivity contribution is -0.131. The van der Waals surface area contributed by atoms with Crippen molar-refractivity contribution in [3.63, 3.8) is 0 Å². The zero-order chi connectivity index (χ0) is 12.1. The van der Waals surface area contributed by atoms with Gasteiger partial charge in [-0.05, 0) is 23.8 Å². The van der Waals surface area contributed by atoms with Gasteiger partial charge in [-0.25, -0.2) is 9.59 Å². The standard InChI is InChI=1S/C11H9ClO4/c1-16-11(15)9-6-8(12)4-2-7(9)3-5-10(13)14/h2-6H,1H3,(H,13,14). The molecule has 0 unspecified atom stereocenters. The smallest absolute Gasteiger partial charge is 0.338 e. The van der Waals surface area contributed by atoms with E-state index in [4.69, 9.17) is 16.7 Å². The van der Waals surface area contributed by atoms with Crippen LogP contribution in [0.15, 0.2) is 24.3 Å². The van der Waals surface area contributed by atoms with Gasteiger partial charge in [0.25, 0.3) is 0 Å². The van der Waals surface area contributed by atoms with Gasteiger partial charge in [0.05, 0.1) is 12.7 Å². The molecule has 4 nitrogen and oxygen atoms in total. The molecule has 0 saturated carbocycles. The highest BCUT2D eigenvalue weighted by Gasteiger charge is 2.10. The summed E-state index contributed by atoms with van der Waals surface area (Å²) < 4.78 is 4.56. The van der Waals surface area contributed by atoms with Gasteiger partial charge in [0.1, 0.15) is 0 Å². The summed E-state index contributed by atoms with van der Waals surface area (Å²) in [5.74, 6) is -1.65. The quantitative estimate of drug-likeness (QED) is 0.650. The molecular weight excluding hydrogens is 232 g/mol. The highest BCUT2D eigenvalue weighted by Crippen LogP contribution is 2.18. The Labute approximate surface area is 97.1 Å². The third kappa shape index (κ3) is 3.10. The number of esters is 1. The molecule has 1 rings (SSSR count). The molecule has 0 heterocycles. The Morgan fingerprint density at radius 3 is 2.69 bits per heavy atom. The minimum Gasteiger partial charge on any atom is -0.478 e. The molecule has 0 bridgehead atoms. The van der Waals surface area contributed by atoms with Crippen molar-refractivity contribution in [3.8, 4) is 0 Å². The van der Waals surface area contributed by atoms with Crippen LogP contribution in [0.3, 0.4) is 0 Å². The van der Waals surface area contributed by atoms with E-state index in [1.165, 1.54) is 19.3 Å². The second kappa shape index (κ2) is 5.32. The second-order valence-electron chi connectivity index (χ2n) is 2.89. The monoisotopic (exact) mass is 240 g/mol. The minimum atomic E-state index is -1.09. The van der Waals surface area contributed by atoms with E-state index >= 15 is 0 Å². The van der Waals surface area contributed by atoms with Crippen molar-refractivity contribution in [1.82, 2.24) is 0 Å². The van der Waals surface area contributed by atoms with Crippen molar-refractivity contribution in [2.75, 3.05) is 7.11 Å². The van der Waals surface area contributed by atoms with Gasteiger partial charge in [-0.2, -0.15) is 0 Å². The number of hydrogen-bond donors (Lipinski definition) is 1. The maximum atomic E-state index is 11.4. The van der Waals surface area contributed by atoms with Gasteiger partial charge in [0.15, 0.2) is 0 Å². The Bertz CT molecular complexity index is 451. The van der Waals surface area contributed by atoms with E-state index in [1.54, 1.807) is 12.1 Å². The van der Waals surface area contributed by atoms with Crippen molar-refractivity contribution in [3.05, 3.63) is 40.4 Å². The van der Waals surface area contributed by atoms with Crippen LogP contribution in [0, 0.1) is 0 Å². The molecule has 0 amide bonds. The van der Waals surface area contributed by atoms with Crippen molar-refractivity contribution >= 4 is 29.6 Å². The highest BCUT2D eigenvalue weighted by molar-refractivity contribution is 6.31. The number of rotatable bonds is 3. The maximum Gasteiger partial charge on any atom is 0.338 e. The first-order valence-corrected chi connectivity index (χ1v) is 4.71. The number of benzene rings is 1. The van der Waals surface area contributed by atoms with Crippen molar-refractivity contribution in [1.29, 1.82) is 0 Å². The van der Waals surface area contributed by atoms with E-state index in [-0.39, 0.29) is 5.56 Å². The topological polar surface area (TPSA) is 63.6 Å². The Morgan fingerprint density at radius 1 is 1.44 bits per heavy atom. The number of aliphatic carboxylic acids is 1. The number of carboxylic acid groups (broad SMARTS) is 1. The molecule has 0 radical (unpaired) electrons. The SMILES string of the molecule is COC(=O)c1cc(Cl)ccc1C=CC(=O)O. The molecule has 0 atom stereocenters. The summed E-state index contributed by atoms with van der Waals surface area (Å²) in [7, 11) is 1.24. The van der Waals surface area contributed by atoms with Crippen LogP contribution >= 0.6 is 11.6 Å². The van der Waals surface area contributed by atoms with E-state index in [9.17, 15) is 9.59 Å². The van der Waals surface area contributed by atoms with E-state index in [2.05, 4.69) is 4.74 Å². The largest absolute Gasteiger partial charge is 0.478 e. The molecule has 0 aliphatic rings. The highest BCUT2D eigenvalue weighted by atomic mass is 35.5. The molecule has 1 aromatic rings. The fourth-order valence-electron chi connectivity index (χ4n) is 1.12. The Morgan fingerprint density at radius 2 is 2.12 bits per heavy atom. The predicted molar refractivity (Wildman–Crippen MR) is 59.5 cm³/mol. The fraction of sp³-hybridized carbons (Fsp3) is 0.0909. The summed E-state index contributed by atoms with van der Waals surface area (Å²) in [4.78, 5) is 21.7. The average Bonchev–Trinajstić information content (AvgIpc) is 2.26. The van der Waals surface area contributed by atoms with Crippen molar-refractivity contribution in [2.24, 2.45) is 0 Å². The van der Waals surface area contributed by atoms with E-state index < -0.39 is 11.9 Å². The van der Waals surface area contributed by atoms with Gasteiger partial charge >= 0.3 is 11.9 Å². The lowest BCUT2D eigenvalue weighted by Gasteiger charge is -2.04. The third-order valence-electron chi connectivity index (χ3n) is 1.83. The number of carboxylic acids is 1. The molecule has 0 fully saturated rings. The van der Waals surface area contributed by atoms with Gasteiger partial charge in [-0.3, -0.25) is 0 Å². The number of halogens is 1. The molecule has 1 aromatic carbocycles. The van der Waals surface area contributed by atoms with Crippen LogP contribution in [0.4, 0.5) is 0 Å². The summed E-state index contributed by atoms with van der Waals surface area (Å²) in [6.07, 6.45) is 2.25. The molecule has 16 heavy (non-hydrogen) atoms. The minimum absolute atomic E-state index is 0.229. The molecule has 5 heteroatoms. The molecule has 0 aromatic heterocycles. The maximum absolute atomic E-state index is 11.4. The van der Waals surface area contributed by atoms with Gasteiger partial charge in [0.2, 0.25) is 0 Å². The summed E-state index contributed by atoms with van der Waals surface area (Å²) in [6.45, 7) is 0. The number of methoxy groups -OCH3 is 1. The lowest BCUT2D eigenvalue weighted by Crippen LogP contribution is -2.03. The normalized spacial score (nSPS) is 10.4. The van der Waals surface area contributed by atoms with Crippen LogP contribution in [0.25, 0.3) is 6.08 Å². The third-order valence-corrected chi connectivity index (χ3v) is 2.06. The van der Waals surface area contributed by atoms with Crippen LogP contribution in [0.5, 0.6) is 0 Å². The van der Waals surface area contributed by atoms with Crippen molar-refractivity contribution in [2.45, 2.75) is 0 Å². The van der Waals surface area contributed by atoms with E-state index in [0.717, 1.165) is 6.08 Å². The Kier molecular flexibility index (Phi) is 4.08. The first-order valence-electron chi connectivity index (χ1n) is 4.33. The number of ether oxygens (including phenoxy) is 1. The molecule has 1 N–H and O–H groups in total. The fourth-order valence-corrected chi connectivity index (χ4v) is 1.29. The van der Waals surface area contributed by atoms with E-state index in [1.807, 2.05) is 0 Å². The van der Waals surface area contributed by atoms with Gasteiger partial charge in [-0.15, -0.1) is 0 Å². The van der Waals surface area contributed by atoms with E-state index in [0.29, 0.717) is 10.6 Å². The molecule has 0 aliphatic heterocycles. The summed E-state index contributed by atoms with van der Waals surface area (Å²) in [5.41, 5.74) is 0.672. The van der Waals surface area contributed by atoms with Crippen molar-refractivity contribution < 1.29 is 19.4 Å². The first kappa shape index (κ1) is 12.3. The zero-order valence-corrected chi connectivity index (χ0v) is 9.19. The first-order chi connectivity index (χ1) is 7.54. The summed E-state index contributed by atoms with van der Waals surface area (Å²) in [6, 6.07) is 4.54. The van der Waals surface area contributed by atoms with Crippen LogP contribution in [-0.2, 0) is 9.53 Å². The molecule has 0 spiro atoms. The van der Waals surface area contributed by atoms with Gasteiger partial charge in [-0.1, -0.05) is 17.7 Å². The molecule has 0 saturated heterocycles. The zero-order valence-electron chi connectivity index (χ0n) is 8.44. The lowest BCUT2D eigenvalue weighted by atomic mass is 10.1. The summed E-state index contributed by atoms with van der Waals surface area (Å²) >= 11 is 5.73. The van der Waals surface area contributed by atoms with Crippen LogP contribution in [0.1, 0.15) is 15.9 Å². The average molecular weight is 241 g/mol. The van der Waals surface area contributed by atoms with Gasteiger partial charge in [0, 0.05) is 11.1 Å². The Balaban J connectivity index is 3.17. The van der Waals surface area contributed by atoms with Crippen LogP contribution < -0.4 is 0 Å². The summed E-state index contributed by atoms with van der Waals surface area (Å²) in [5, 5.41) is 8.87. The Hall–Kier alpha value is -1.81. The number of carbonyl (C=O) groups is 2. The predicted octanol–water partition coefficient (Wildman–Crippen LogP) is 2.22. The van der Waals surface area contributed by atoms with Crippen LogP contribution in [0.2, 0.25) is 5.02 Å². The number of hydrogen-bond acceptors (Lipinski definition) is 3. The molecular formula is C11H9ClO4. The van der Waals surface area contributed by atoms with Gasteiger partial charge < -0.3 is 9.84 Å². The molecule has 84 valence electrons.